The van der Waals surface area contributed by atoms with Crippen LogP contribution in [0.1, 0.15) is 17.8 Å². The van der Waals surface area contributed by atoms with E-state index >= 15 is 0 Å². The average molecular weight is 267 g/mol. The molecular weight excluding hydrogens is 245 g/mol. The van der Waals surface area contributed by atoms with Crippen molar-refractivity contribution < 1.29 is 9.50 Å². The molecule has 0 aromatic carbocycles. The molecule has 2 rings (SSSR count). The van der Waals surface area contributed by atoms with E-state index in [9.17, 15) is 9.50 Å². The number of aliphatic hydroxyl groups is 1. The van der Waals surface area contributed by atoms with Gasteiger partial charge in [-0.3, -0.25) is 4.98 Å². The van der Waals surface area contributed by atoms with Crippen molar-refractivity contribution in [2.75, 3.05) is 32.1 Å². The Morgan fingerprint density at radius 1 is 1.47 bits per heavy atom. The SMILES string of the molecule is Cc1ccc(N2CC[C@H](F)[C@H](O)C2)c(CN(C)C)n1. The predicted octanol–water partition coefficient (Wildman–Crippen LogP) is 1.36. The second kappa shape index (κ2) is 5.84. The van der Waals surface area contributed by atoms with Crippen molar-refractivity contribution in [1.29, 1.82) is 0 Å². The molecule has 1 saturated heterocycles. The number of nitrogens with zero attached hydrogens (tertiary/aromatic N) is 3. The summed E-state index contributed by atoms with van der Waals surface area (Å²) >= 11 is 0. The number of halogens is 1. The maximum atomic E-state index is 13.3. The normalized spacial score (nSPS) is 24.0. The highest BCUT2D eigenvalue weighted by atomic mass is 19.1. The number of β-amino-alcohol motifs (C(OH)–C–C–N with tert-alkyl or cyclic N) is 1. The maximum Gasteiger partial charge on any atom is 0.129 e. The summed E-state index contributed by atoms with van der Waals surface area (Å²) in [7, 11) is 3.99. The molecule has 2 atom stereocenters. The van der Waals surface area contributed by atoms with Crippen LogP contribution in [0.5, 0.6) is 0 Å². The summed E-state index contributed by atoms with van der Waals surface area (Å²) in [5.41, 5.74) is 2.96. The minimum atomic E-state index is -1.10. The van der Waals surface area contributed by atoms with Crippen molar-refractivity contribution in [3.05, 3.63) is 23.5 Å². The van der Waals surface area contributed by atoms with Crippen LogP contribution in [0.15, 0.2) is 12.1 Å². The van der Waals surface area contributed by atoms with Crippen molar-refractivity contribution in [1.82, 2.24) is 9.88 Å². The first-order chi connectivity index (χ1) is 8.97. The Morgan fingerprint density at radius 3 is 2.84 bits per heavy atom. The summed E-state index contributed by atoms with van der Waals surface area (Å²) in [6.45, 7) is 3.67. The van der Waals surface area contributed by atoms with Gasteiger partial charge in [-0.2, -0.15) is 0 Å². The predicted molar refractivity (Wildman–Crippen MR) is 74.1 cm³/mol. The zero-order chi connectivity index (χ0) is 14.0. The molecule has 0 unspecified atom stereocenters. The lowest BCUT2D eigenvalue weighted by atomic mass is 10.0. The van der Waals surface area contributed by atoms with E-state index in [0.29, 0.717) is 19.5 Å². The lowest BCUT2D eigenvalue weighted by Crippen LogP contribution is -2.45. The van der Waals surface area contributed by atoms with E-state index in [0.717, 1.165) is 23.6 Å². The van der Waals surface area contributed by atoms with E-state index in [1.165, 1.54) is 0 Å². The van der Waals surface area contributed by atoms with Gasteiger partial charge in [-0.05, 0) is 39.6 Å². The second-order valence-electron chi connectivity index (χ2n) is 5.47. The Bertz CT molecular complexity index is 439. The van der Waals surface area contributed by atoms with Crippen molar-refractivity contribution in [2.24, 2.45) is 0 Å². The van der Waals surface area contributed by atoms with Gasteiger partial charge >= 0.3 is 0 Å². The molecule has 19 heavy (non-hydrogen) atoms. The van der Waals surface area contributed by atoms with Crippen LogP contribution in [0.25, 0.3) is 0 Å². The van der Waals surface area contributed by atoms with Crippen LogP contribution in [-0.2, 0) is 6.54 Å². The summed E-state index contributed by atoms with van der Waals surface area (Å²) < 4.78 is 13.3. The highest BCUT2D eigenvalue weighted by molar-refractivity contribution is 5.52. The van der Waals surface area contributed by atoms with E-state index in [1.54, 1.807) is 0 Å². The standard InChI is InChI=1S/C14H22FN3O/c1-10-4-5-13(12(16-10)8-17(2)3)18-7-6-11(15)14(19)9-18/h4-5,11,14,19H,6-9H2,1-3H3/t11-,14+/m0/s1. The van der Waals surface area contributed by atoms with Crippen LogP contribution in [0.4, 0.5) is 10.1 Å². The first-order valence-corrected chi connectivity index (χ1v) is 6.65. The van der Waals surface area contributed by atoms with Gasteiger partial charge in [0, 0.05) is 25.3 Å². The molecule has 1 N–H and O–H groups in total. The number of alkyl halides is 1. The number of aliphatic hydroxyl groups excluding tert-OH is 1. The number of piperidine rings is 1. The molecule has 1 aromatic heterocycles. The van der Waals surface area contributed by atoms with Gasteiger partial charge in [0.15, 0.2) is 0 Å². The van der Waals surface area contributed by atoms with Crippen LogP contribution < -0.4 is 4.90 Å². The van der Waals surface area contributed by atoms with E-state index in [-0.39, 0.29) is 0 Å². The molecule has 0 radical (unpaired) electrons. The van der Waals surface area contributed by atoms with Crippen LogP contribution in [0.3, 0.4) is 0 Å². The monoisotopic (exact) mass is 267 g/mol. The van der Waals surface area contributed by atoms with E-state index in [1.807, 2.05) is 38.1 Å². The smallest absolute Gasteiger partial charge is 0.129 e. The first-order valence-electron chi connectivity index (χ1n) is 6.65. The summed E-state index contributed by atoms with van der Waals surface area (Å²) in [4.78, 5) is 8.67. The molecular formula is C14H22FN3O. The van der Waals surface area contributed by atoms with Crippen molar-refractivity contribution in [2.45, 2.75) is 32.2 Å². The highest BCUT2D eigenvalue weighted by Crippen LogP contribution is 2.25. The van der Waals surface area contributed by atoms with Crippen LogP contribution >= 0.6 is 0 Å². The summed E-state index contributed by atoms with van der Waals surface area (Å²) in [6, 6.07) is 3.98. The first kappa shape index (κ1) is 14.2. The Hall–Kier alpha value is -1.20. The van der Waals surface area contributed by atoms with E-state index in [2.05, 4.69) is 9.88 Å². The molecule has 5 heteroatoms. The third-order valence-electron chi connectivity index (χ3n) is 3.40. The summed E-state index contributed by atoms with van der Waals surface area (Å²) in [5, 5.41) is 9.69. The zero-order valence-corrected chi connectivity index (χ0v) is 11.8. The fourth-order valence-corrected chi connectivity index (χ4v) is 2.43. The lowest BCUT2D eigenvalue weighted by molar-refractivity contribution is 0.0644. The number of pyridine rings is 1. The summed E-state index contributed by atoms with van der Waals surface area (Å²) in [6.07, 6.45) is -1.63. The lowest BCUT2D eigenvalue weighted by Gasteiger charge is -2.35. The molecule has 106 valence electrons. The number of hydrogen-bond acceptors (Lipinski definition) is 4. The third kappa shape index (κ3) is 3.42. The molecule has 0 bridgehead atoms. The molecule has 0 amide bonds. The molecule has 0 saturated carbocycles. The average Bonchev–Trinajstić information content (AvgIpc) is 2.32. The minimum Gasteiger partial charge on any atom is -0.388 e. The number of hydrogen-bond donors (Lipinski definition) is 1. The topological polar surface area (TPSA) is 39.6 Å². The Balaban J connectivity index is 2.23. The fraction of sp³-hybridized carbons (Fsp3) is 0.643. The van der Waals surface area contributed by atoms with Crippen LogP contribution in [0.2, 0.25) is 0 Å². The summed E-state index contributed by atoms with van der Waals surface area (Å²) in [5.74, 6) is 0. The van der Waals surface area contributed by atoms with Gasteiger partial charge < -0.3 is 14.9 Å². The van der Waals surface area contributed by atoms with Gasteiger partial charge in [0.25, 0.3) is 0 Å². The van der Waals surface area contributed by atoms with Gasteiger partial charge in [0.05, 0.1) is 11.4 Å². The Morgan fingerprint density at radius 2 is 2.21 bits per heavy atom. The number of rotatable bonds is 3. The Kier molecular flexibility index (Phi) is 4.37. The zero-order valence-electron chi connectivity index (χ0n) is 11.8. The maximum absolute atomic E-state index is 13.3. The van der Waals surface area contributed by atoms with Crippen LogP contribution in [0, 0.1) is 6.92 Å². The van der Waals surface area contributed by atoms with Gasteiger partial charge in [-0.15, -0.1) is 0 Å². The quantitative estimate of drug-likeness (QED) is 0.897. The third-order valence-corrected chi connectivity index (χ3v) is 3.40. The highest BCUT2D eigenvalue weighted by Gasteiger charge is 2.28. The van der Waals surface area contributed by atoms with Crippen LogP contribution in [-0.4, -0.2) is 54.5 Å². The molecule has 1 aliphatic heterocycles. The Labute approximate surface area is 113 Å². The van der Waals surface area contributed by atoms with Gasteiger partial charge in [-0.25, -0.2) is 4.39 Å². The molecule has 4 nitrogen and oxygen atoms in total. The minimum absolute atomic E-state index is 0.340. The van der Waals surface area contributed by atoms with Crippen molar-refractivity contribution >= 4 is 5.69 Å². The molecule has 0 spiro atoms. The van der Waals surface area contributed by atoms with E-state index < -0.39 is 12.3 Å². The molecule has 1 aliphatic rings. The molecule has 1 fully saturated rings. The largest absolute Gasteiger partial charge is 0.388 e. The number of aromatic nitrogens is 1. The second-order valence-corrected chi connectivity index (χ2v) is 5.47. The fourth-order valence-electron chi connectivity index (χ4n) is 2.43. The van der Waals surface area contributed by atoms with Gasteiger partial charge in [-0.1, -0.05) is 0 Å². The number of aryl methyl sites for hydroxylation is 1. The van der Waals surface area contributed by atoms with Gasteiger partial charge in [0.2, 0.25) is 0 Å². The number of anilines is 1. The van der Waals surface area contributed by atoms with E-state index in [4.69, 9.17) is 0 Å². The molecule has 0 aliphatic carbocycles. The van der Waals surface area contributed by atoms with Crippen molar-refractivity contribution in [3.8, 4) is 0 Å². The molecule has 1 aromatic rings. The van der Waals surface area contributed by atoms with Gasteiger partial charge in [0.1, 0.15) is 12.3 Å². The van der Waals surface area contributed by atoms with Crippen molar-refractivity contribution in [3.63, 3.8) is 0 Å². The molecule has 2 heterocycles.